The number of piperidine rings is 3. The third-order valence-corrected chi connectivity index (χ3v) is 5.82. The van der Waals surface area contributed by atoms with Crippen LogP contribution in [0.3, 0.4) is 0 Å². The van der Waals surface area contributed by atoms with Crippen molar-refractivity contribution in [3.8, 4) is 23.0 Å². The molecule has 4 aliphatic rings. The minimum Gasteiger partial charge on any atom is -0.497 e. The van der Waals surface area contributed by atoms with Crippen LogP contribution in [0, 0.1) is 5.92 Å². The molecule has 25 heavy (non-hydrogen) atoms. The third-order valence-electron chi connectivity index (χ3n) is 5.82. The van der Waals surface area contributed by atoms with Crippen LogP contribution >= 0.6 is 12.4 Å². The van der Waals surface area contributed by atoms with Crippen LogP contribution in [0.1, 0.15) is 24.0 Å². The number of hydrogen-bond donors (Lipinski definition) is 0. The van der Waals surface area contributed by atoms with Crippen molar-refractivity contribution in [3.05, 3.63) is 29.3 Å². The van der Waals surface area contributed by atoms with Crippen molar-refractivity contribution < 1.29 is 14.0 Å². The highest BCUT2D eigenvalue weighted by Gasteiger charge is 2.37. The van der Waals surface area contributed by atoms with Gasteiger partial charge in [-0.1, -0.05) is 11.2 Å². The molecule has 1 aliphatic carbocycles. The lowest BCUT2D eigenvalue weighted by molar-refractivity contribution is -0.0216. The molecule has 4 heterocycles. The van der Waals surface area contributed by atoms with Crippen molar-refractivity contribution in [2.75, 3.05) is 26.7 Å². The van der Waals surface area contributed by atoms with Crippen LogP contribution in [0.2, 0.25) is 0 Å². The van der Waals surface area contributed by atoms with Crippen LogP contribution in [0.25, 0.3) is 11.3 Å². The number of rotatable bonds is 3. The zero-order valence-electron chi connectivity index (χ0n) is 14.4. The molecule has 134 valence electrons. The van der Waals surface area contributed by atoms with Gasteiger partial charge in [-0.2, -0.15) is 0 Å². The molecule has 6 heteroatoms. The quantitative estimate of drug-likeness (QED) is 0.838. The maximum atomic E-state index is 6.30. The highest BCUT2D eigenvalue weighted by Crippen LogP contribution is 2.41. The van der Waals surface area contributed by atoms with Crippen molar-refractivity contribution in [2.45, 2.75) is 31.8 Å². The lowest BCUT2D eigenvalue weighted by Gasteiger charge is -2.43. The van der Waals surface area contributed by atoms with E-state index in [4.69, 9.17) is 14.0 Å². The van der Waals surface area contributed by atoms with Crippen LogP contribution in [0.4, 0.5) is 0 Å². The van der Waals surface area contributed by atoms with Crippen molar-refractivity contribution in [1.29, 1.82) is 0 Å². The van der Waals surface area contributed by atoms with E-state index in [0.717, 1.165) is 42.0 Å². The normalized spacial score (nSPS) is 26.4. The number of methoxy groups -OCH3 is 1. The molecule has 1 aromatic carbocycles. The molecule has 2 bridgehead atoms. The number of fused-ring (bicyclic) bond motifs is 6. The largest absolute Gasteiger partial charge is 0.497 e. The molecule has 0 amide bonds. The highest BCUT2D eigenvalue weighted by molar-refractivity contribution is 5.85. The number of halogens is 1. The number of aryl methyl sites for hydroxylation is 1. The number of aromatic nitrogens is 1. The van der Waals surface area contributed by atoms with Gasteiger partial charge in [0.1, 0.15) is 17.5 Å². The average molecular weight is 363 g/mol. The van der Waals surface area contributed by atoms with E-state index >= 15 is 0 Å². The Kier molecular flexibility index (Phi) is 4.38. The minimum absolute atomic E-state index is 0. The molecule has 0 radical (unpaired) electrons. The molecule has 3 aliphatic heterocycles. The van der Waals surface area contributed by atoms with Gasteiger partial charge in [-0.05, 0) is 62.4 Å². The van der Waals surface area contributed by atoms with Gasteiger partial charge in [0, 0.05) is 12.1 Å². The van der Waals surface area contributed by atoms with Gasteiger partial charge in [-0.25, -0.2) is 0 Å². The molecule has 1 unspecified atom stereocenters. The first-order valence-electron chi connectivity index (χ1n) is 8.86. The Balaban J connectivity index is 0.00000157. The van der Waals surface area contributed by atoms with Crippen LogP contribution in [-0.2, 0) is 12.8 Å². The number of hydrogen-bond acceptors (Lipinski definition) is 5. The lowest BCUT2D eigenvalue weighted by atomic mass is 9.85. The molecule has 3 fully saturated rings. The fourth-order valence-corrected chi connectivity index (χ4v) is 4.38. The molecule has 1 aromatic heterocycles. The second-order valence-corrected chi connectivity index (χ2v) is 7.11. The van der Waals surface area contributed by atoms with Gasteiger partial charge < -0.3 is 14.0 Å². The highest BCUT2D eigenvalue weighted by atomic mass is 35.5. The first kappa shape index (κ1) is 16.7. The Labute approximate surface area is 153 Å². The standard InChI is InChI=1S/C19H22N2O3.ClH/c1-22-14-4-2-12-3-5-15-18(16(12)10-14)20-24-19(15)23-17-11-21-8-6-13(17)7-9-21;/h2,4,10,13,17H,3,5-9,11H2,1H3;1H. The van der Waals surface area contributed by atoms with E-state index in [2.05, 4.69) is 16.1 Å². The van der Waals surface area contributed by atoms with Crippen molar-refractivity contribution in [2.24, 2.45) is 5.92 Å². The lowest BCUT2D eigenvalue weighted by Crippen LogP contribution is -2.52. The van der Waals surface area contributed by atoms with Gasteiger partial charge in [-0.15, -0.1) is 12.4 Å². The smallest absolute Gasteiger partial charge is 0.315 e. The zero-order chi connectivity index (χ0) is 16.1. The van der Waals surface area contributed by atoms with Gasteiger partial charge in [-0.3, -0.25) is 4.90 Å². The molecular weight excluding hydrogens is 340 g/mol. The Morgan fingerprint density at radius 2 is 2.04 bits per heavy atom. The summed E-state index contributed by atoms with van der Waals surface area (Å²) in [6.07, 6.45) is 4.64. The van der Waals surface area contributed by atoms with Gasteiger partial charge in [0.05, 0.1) is 12.7 Å². The Bertz CT molecular complexity index is 768. The molecule has 5 nitrogen and oxygen atoms in total. The molecule has 3 saturated heterocycles. The molecule has 0 saturated carbocycles. The summed E-state index contributed by atoms with van der Waals surface area (Å²) in [5.41, 5.74) is 4.45. The summed E-state index contributed by atoms with van der Waals surface area (Å²) in [5.74, 6) is 2.15. The van der Waals surface area contributed by atoms with Crippen LogP contribution in [0.15, 0.2) is 22.7 Å². The summed E-state index contributed by atoms with van der Waals surface area (Å²) in [7, 11) is 1.69. The summed E-state index contributed by atoms with van der Waals surface area (Å²) < 4.78 is 17.3. The molecule has 2 aromatic rings. The van der Waals surface area contributed by atoms with Crippen molar-refractivity contribution in [3.63, 3.8) is 0 Å². The molecule has 0 N–H and O–H groups in total. The molecular formula is C19H23ClN2O3. The molecule has 6 rings (SSSR count). The monoisotopic (exact) mass is 362 g/mol. The average Bonchev–Trinajstić information content (AvgIpc) is 3.05. The van der Waals surface area contributed by atoms with E-state index in [1.807, 2.05) is 12.1 Å². The van der Waals surface area contributed by atoms with Gasteiger partial charge in [0.2, 0.25) is 0 Å². The summed E-state index contributed by atoms with van der Waals surface area (Å²) in [6, 6.07) is 6.18. The summed E-state index contributed by atoms with van der Waals surface area (Å²) in [4.78, 5) is 2.49. The Morgan fingerprint density at radius 1 is 1.20 bits per heavy atom. The van der Waals surface area contributed by atoms with Gasteiger partial charge >= 0.3 is 5.95 Å². The summed E-state index contributed by atoms with van der Waals surface area (Å²) in [6.45, 7) is 3.45. The number of benzene rings is 1. The van der Waals surface area contributed by atoms with Crippen LogP contribution < -0.4 is 9.47 Å². The van der Waals surface area contributed by atoms with E-state index < -0.39 is 0 Å². The first-order chi connectivity index (χ1) is 11.8. The fourth-order valence-electron chi connectivity index (χ4n) is 4.38. The number of nitrogens with zero attached hydrogens (tertiary/aromatic N) is 2. The Hall–Kier alpha value is -1.72. The maximum absolute atomic E-state index is 6.30. The number of ether oxygens (including phenoxy) is 2. The fraction of sp³-hybridized carbons (Fsp3) is 0.526. The van der Waals surface area contributed by atoms with Crippen molar-refractivity contribution in [1.82, 2.24) is 10.1 Å². The van der Waals surface area contributed by atoms with E-state index in [1.54, 1.807) is 7.11 Å². The second kappa shape index (κ2) is 6.54. The third kappa shape index (κ3) is 2.79. The SMILES string of the molecule is COc1ccc2c(c1)-c1noc(OC3CN4CCC3CC4)c1CC2.Cl. The van der Waals surface area contributed by atoms with Gasteiger partial charge in [0.15, 0.2) is 0 Å². The summed E-state index contributed by atoms with van der Waals surface area (Å²) >= 11 is 0. The minimum atomic E-state index is 0. The summed E-state index contributed by atoms with van der Waals surface area (Å²) in [5, 5.41) is 4.33. The first-order valence-corrected chi connectivity index (χ1v) is 8.86. The van der Waals surface area contributed by atoms with Gasteiger partial charge in [0.25, 0.3) is 0 Å². The predicted molar refractivity (Wildman–Crippen MR) is 96.7 cm³/mol. The maximum Gasteiger partial charge on any atom is 0.315 e. The topological polar surface area (TPSA) is 47.7 Å². The van der Waals surface area contributed by atoms with E-state index in [0.29, 0.717) is 11.9 Å². The van der Waals surface area contributed by atoms with E-state index in [1.165, 1.54) is 31.5 Å². The van der Waals surface area contributed by atoms with Crippen molar-refractivity contribution >= 4 is 12.4 Å². The van der Waals surface area contributed by atoms with E-state index in [9.17, 15) is 0 Å². The zero-order valence-corrected chi connectivity index (χ0v) is 15.2. The molecule has 0 spiro atoms. The van der Waals surface area contributed by atoms with Crippen LogP contribution in [-0.4, -0.2) is 42.9 Å². The predicted octanol–water partition coefficient (Wildman–Crippen LogP) is 3.34. The Morgan fingerprint density at radius 3 is 2.76 bits per heavy atom. The van der Waals surface area contributed by atoms with E-state index in [-0.39, 0.29) is 18.5 Å². The van der Waals surface area contributed by atoms with Crippen LogP contribution in [0.5, 0.6) is 11.7 Å². The molecule has 1 atom stereocenters. The second-order valence-electron chi connectivity index (χ2n) is 7.11.